The Morgan fingerprint density at radius 2 is 1.71 bits per heavy atom. The Kier molecular flexibility index (Phi) is 4.47. The summed E-state index contributed by atoms with van der Waals surface area (Å²) in [6.45, 7) is 8.43. The lowest BCUT2D eigenvalue weighted by Gasteiger charge is -2.11. The van der Waals surface area contributed by atoms with Crippen molar-refractivity contribution in [3.63, 3.8) is 0 Å². The second kappa shape index (κ2) is 6.56. The molecule has 0 saturated carbocycles. The topological polar surface area (TPSA) is 30.7 Å². The highest BCUT2D eigenvalue weighted by Crippen LogP contribution is 2.35. The number of pyridine rings is 1. The predicted octanol–water partition coefficient (Wildman–Crippen LogP) is 5.26. The zero-order chi connectivity index (χ0) is 17.3. The normalized spacial score (nSPS) is 11.5. The van der Waals surface area contributed by atoms with Gasteiger partial charge in [0.05, 0.1) is 6.20 Å². The average Bonchev–Trinajstić information content (AvgIpc) is 3.01. The largest absolute Gasteiger partial charge is 0.269 e. The molecule has 0 unspecified atom stereocenters. The first-order chi connectivity index (χ1) is 11.5. The van der Waals surface area contributed by atoms with Gasteiger partial charge < -0.3 is 0 Å². The van der Waals surface area contributed by atoms with Crippen molar-refractivity contribution < 1.29 is 4.39 Å². The summed E-state index contributed by atoms with van der Waals surface area (Å²) in [4.78, 5) is 4.15. The van der Waals surface area contributed by atoms with Gasteiger partial charge in [-0.3, -0.25) is 9.67 Å². The molecule has 0 aliphatic heterocycles. The molecule has 24 heavy (non-hydrogen) atoms. The van der Waals surface area contributed by atoms with Gasteiger partial charge in [0, 0.05) is 29.6 Å². The van der Waals surface area contributed by atoms with E-state index in [1.807, 2.05) is 10.7 Å². The molecule has 0 saturated heterocycles. The van der Waals surface area contributed by atoms with E-state index in [9.17, 15) is 4.39 Å². The van der Waals surface area contributed by atoms with Gasteiger partial charge >= 0.3 is 0 Å². The molecule has 1 aromatic carbocycles. The molecule has 0 aliphatic rings. The van der Waals surface area contributed by atoms with Crippen molar-refractivity contribution in [2.45, 2.75) is 39.7 Å². The van der Waals surface area contributed by atoms with Crippen molar-refractivity contribution in [2.75, 3.05) is 0 Å². The van der Waals surface area contributed by atoms with Crippen molar-refractivity contribution in [3.05, 3.63) is 60.3 Å². The molecule has 0 aliphatic carbocycles. The van der Waals surface area contributed by atoms with Crippen LogP contribution in [0.1, 0.15) is 45.2 Å². The highest BCUT2D eigenvalue weighted by molar-refractivity contribution is 5.82. The van der Waals surface area contributed by atoms with Crippen LogP contribution in [0, 0.1) is 12.0 Å². The summed E-state index contributed by atoms with van der Waals surface area (Å²) < 4.78 is 15.2. The third-order valence-electron chi connectivity index (χ3n) is 4.04. The Hall–Kier alpha value is -2.49. The molecule has 2 heterocycles. The van der Waals surface area contributed by atoms with Crippen LogP contribution >= 0.6 is 0 Å². The third kappa shape index (κ3) is 3.09. The average molecular weight is 322 g/mol. The lowest BCUT2D eigenvalue weighted by Crippen LogP contribution is -2.00. The Bertz CT molecular complexity index is 832. The fourth-order valence-electron chi connectivity index (χ4n) is 2.72. The minimum Gasteiger partial charge on any atom is -0.269 e. The number of benzene rings is 1. The quantitative estimate of drug-likeness (QED) is 0.656. The zero-order valence-corrected chi connectivity index (χ0v) is 14.4. The van der Waals surface area contributed by atoms with Crippen LogP contribution in [0.25, 0.3) is 22.4 Å². The summed E-state index contributed by atoms with van der Waals surface area (Å²) in [6, 6.07) is 8.72. The van der Waals surface area contributed by atoms with E-state index in [4.69, 9.17) is 5.10 Å². The van der Waals surface area contributed by atoms with E-state index < -0.39 is 0 Å². The van der Waals surface area contributed by atoms with Gasteiger partial charge in [0.2, 0.25) is 0 Å². The van der Waals surface area contributed by atoms with Crippen LogP contribution in [0.5, 0.6) is 0 Å². The Morgan fingerprint density at radius 1 is 1.00 bits per heavy atom. The molecule has 1 radical (unpaired) electrons. The first kappa shape index (κ1) is 16.4. The van der Waals surface area contributed by atoms with E-state index in [0.29, 0.717) is 5.92 Å². The lowest BCUT2D eigenvalue weighted by molar-refractivity contribution is 0.534. The Labute approximate surface area is 142 Å². The molecule has 0 amide bonds. The third-order valence-corrected chi connectivity index (χ3v) is 4.04. The monoisotopic (exact) mass is 322 g/mol. The maximum Gasteiger partial charge on any atom is 0.123 e. The first-order valence-electron chi connectivity index (χ1n) is 8.19. The molecule has 0 fully saturated rings. The molecular weight excluding hydrogens is 301 g/mol. The fourth-order valence-corrected chi connectivity index (χ4v) is 2.72. The molecule has 3 aromatic rings. The van der Waals surface area contributed by atoms with E-state index in [2.05, 4.69) is 45.1 Å². The van der Waals surface area contributed by atoms with Crippen LogP contribution in [0.4, 0.5) is 4.39 Å². The molecule has 0 N–H and O–H groups in total. The summed E-state index contributed by atoms with van der Waals surface area (Å²) in [5.74, 6) is 0.0564. The maximum absolute atomic E-state index is 13.3. The molecule has 0 spiro atoms. The van der Waals surface area contributed by atoms with Gasteiger partial charge in [-0.15, -0.1) is 0 Å². The number of rotatable bonds is 4. The molecule has 3 nitrogen and oxygen atoms in total. The molecular formula is C20H21FN3. The van der Waals surface area contributed by atoms with Gasteiger partial charge in [-0.2, -0.15) is 5.10 Å². The smallest absolute Gasteiger partial charge is 0.123 e. The Morgan fingerprint density at radius 3 is 2.33 bits per heavy atom. The molecule has 0 atom stereocenters. The predicted molar refractivity (Wildman–Crippen MR) is 94.2 cm³/mol. The van der Waals surface area contributed by atoms with Crippen LogP contribution in [0.2, 0.25) is 0 Å². The van der Waals surface area contributed by atoms with Crippen molar-refractivity contribution >= 4 is 0 Å². The van der Waals surface area contributed by atoms with Crippen LogP contribution in [0.15, 0.2) is 42.7 Å². The van der Waals surface area contributed by atoms with E-state index in [-0.39, 0.29) is 11.9 Å². The number of aromatic nitrogens is 3. The van der Waals surface area contributed by atoms with Gasteiger partial charge in [-0.05, 0) is 61.2 Å². The molecule has 123 valence electrons. The van der Waals surface area contributed by atoms with Gasteiger partial charge in [0.1, 0.15) is 11.5 Å². The number of halogens is 1. The highest BCUT2D eigenvalue weighted by atomic mass is 19.1. The van der Waals surface area contributed by atoms with Gasteiger partial charge in [-0.1, -0.05) is 13.8 Å². The van der Waals surface area contributed by atoms with Crippen LogP contribution in [-0.2, 0) is 0 Å². The summed E-state index contributed by atoms with van der Waals surface area (Å²) >= 11 is 0. The van der Waals surface area contributed by atoms with Gasteiger partial charge in [0.15, 0.2) is 0 Å². The molecule has 0 bridgehead atoms. The summed E-state index contributed by atoms with van der Waals surface area (Å²) in [5, 5.41) is 4.75. The van der Waals surface area contributed by atoms with Crippen LogP contribution < -0.4 is 0 Å². The molecule has 2 aromatic heterocycles. The second-order valence-electron chi connectivity index (χ2n) is 6.51. The van der Waals surface area contributed by atoms with Crippen molar-refractivity contribution in [2.24, 2.45) is 0 Å². The van der Waals surface area contributed by atoms with Crippen LogP contribution in [0.3, 0.4) is 0 Å². The number of nitrogens with zero attached hydrogens (tertiary/aromatic N) is 3. The fraction of sp³-hybridized carbons (Fsp3) is 0.300. The van der Waals surface area contributed by atoms with E-state index in [1.54, 1.807) is 18.3 Å². The lowest BCUT2D eigenvalue weighted by atomic mass is 9.93. The van der Waals surface area contributed by atoms with Crippen molar-refractivity contribution in [3.8, 4) is 22.4 Å². The van der Waals surface area contributed by atoms with E-state index in [0.717, 1.165) is 27.9 Å². The molecule has 4 heteroatoms. The van der Waals surface area contributed by atoms with E-state index in [1.165, 1.54) is 12.1 Å². The van der Waals surface area contributed by atoms with Gasteiger partial charge in [-0.25, -0.2) is 4.39 Å². The van der Waals surface area contributed by atoms with E-state index >= 15 is 0 Å². The van der Waals surface area contributed by atoms with Crippen LogP contribution in [-0.4, -0.2) is 14.8 Å². The van der Waals surface area contributed by atoms with Crippen molar-refractivity contribution in [1.29, 1.82) is 0 Å². The minimum atomic E-state index is -0.247. The Balaban J connectivity index is 2.22. The number of hydrogen-bond acceptors (Lipinski definition) is 2. The summed E-state index contributed by atoms with van der Waals surface area (Å²) in [5.41, 5.74) is 4.91. The molecule has 3 rings (SSSR count). The highest BCUT2D eigenvalue weighted by Gasteiger charge is 2.18. The summed E-state index contributed by atoms with van der Waals surface area (Å²) in [6.07, 6.45) is 6.92. The number of hydrogen-bond donors (Lipinski definition) is 0. The zero-order valence-electron chi connectivity index (χ0n) is 14.4. The minimum absolute atomic E-state index is 0.242. The summed E-state index contributed by atoms with van der Waals surface area (Å²) in [7, 11) is 0. The standard InChI is InChI=1S/C20H21FN3/c1-13(2)18-11-22-10-9-17(18)19-12-24(14(3)4)23-20(19)15-5-7-16(21)8-6-15/h5-10,12-14H,1-4H3. The SMILES string of the molecule is CC(C)c1[c]nccc1-c1cn(C(C)C)nc1-c1ccc(F)cc1. The maximum atomic E-state index is 13.3. The van der Waals surface area contributed by atoms with Crippen molar-refractivity contribution in [1.82, 2.24) is 14.8 Å². The second-order valence-corrected chi connectivity index (χ2v) is 6.51. The first-order valence-corrected chi connectivity index (χ1v) is 8.19. The van der Waals surface area contributed by atoms with Gasteiger partial charge in [0.25, 0.3) is 0 Å².